The minimum atomic E-state index is -0.736. The van der Waals surface area contributed by atoms with Crippen molar-refractivity contribution in [1.82, 2.24) is 4.90 Å². The highest BCUT2D eigenvalue weighted by molar-refractivity contribution is 5.44. The van der Waals surface area contributed by atoms with Crippen molar-refractivity contribution in [2.75, 3.05) is 27.3 Å². The van der Waals surface area contributed by atoms with Gasteiger partial charge in [0.2, 0.25) is 0 Å². The number of nitrogens with zero attached hydrogens (tertiary/aromatic N) is 1. The van der Waals surface area contributed by atoms with Crippen molar-refractivity contribution < 1.29 is 14.9 Å². The molecule has 0 heterocycles. The lowest BCUT2D eigenvalue weighted by Crippen LogP contribution is -2.35. The van der Waals surface area contributed by atoms with Gasteiger partial charge in [0, 0.05) is 30.6 Å². The highest BCUT2D eigenvalue weighted by atomic mass is 16.5. The fraction of sp³-hybridized carbons (Fsp3) is 0.529. The monoisotopic (exact) mass is 291 g/mol. The maximum absolute atomic E-state index is 9.87. The maximum Gasteiger partial charge on any atom is 0.123 e. The van der Waals surface area contributed by atoms with E-state index in [0.29, 0.717) is 19.5 Å². The molecule has 0 spiro atoms. The van der Waals surface area contributed by atoms with E-state index in [1.165, 1.54) is 0 Å². The first-order valence-electron chi connectivity index (χ1n) is 7.03. The molecule has 0 fully saturated rings. The van der Waals surface area contributed by atoms with E-state index in [1.807, 2.05) is 30.1 Å². The van der Waals surface area contributed by atoms with Crippen molar-refractivity contribution in [2.24, 2.45) is 0 Å². The summed E-state index contributed by atoms with van der Waals surface area (Å²) in [6.07, 6.45) is 0.472. The molecule has 0 atom stereocenters. The Morgan fingerprint density at radius 2 is 2.05 bits per heavy atom. The largest absolute Gasteiger partial charge is 0.496 e. The molecule has 0 aliphatic heterocycles. The van der Waals surface area contributed by atoms with Crippen molar-refractivity contribution in [3.8, 4) is 17.6 Å². The second-order valence-electron chi connectivity index (χ2n) is 5.79. The summed E-state index contributed by atoms with van der Waals surface area (Å²) in [5.74, 6) is 6.75. The average molecular weight is 291 g/mol. The van der Waals surface area contributed by atoms with Gasteiger partial charge in [-0.15, -0.1) is 0 Å². The molecule has 1 aromatic carbocycles. The quantitative estimate of drug-likeness (QED) is 0.782. The third kappa shape index (κ3) is 6.63. The molecule has 2 N–H and O–H groups in total. The second kappa shape index (κ2) is 8.04. The van der Waals surface area contributed by atoms with Crippen LogP contribution >= 0.6 is 0 Å². The molecule has 0 unspecified atom stereocenters. The van der Waals surface area contributed by atoms with Crippen molar-refractivity contribution in [2.45, 2.75) is 32.4 Å². The lowest BCUT2D eigenvalue weighted by Gasteiger charge is -2.26. The van der Waals surface area contributed by atoms with Gasteiger partial charge in [-0.3, -0.25) is 4.90 Å². The zero-order valence-electron chi connectivity index (χ0n) is 13.3. The van der Waals surface area contributed by atoms with Gasteiger partial charge < -0.3 is 14.9 Å². The first kappa shape index (κ1) is 17.5. The highest BCUT2D eigenvalue weighted by Crippen LogP contribution is 2.21. The topological polar surface area (TPSA) is 52.9 Å². The number of hydrogen-bond donors (Lipinski definition) is 2. The summed E-state index contributed by atoms with van der Waals surface area (Å²) in [5.41, 5.74) is 1.19. The Morgan fingerprint density at radius 3 is 2.62 bits per heavy atom. The number of ether oxygens (including phenoxy) is 1. The Morgan fingerprint density at radius 1 is 1.33 bits per heavy atom. The molecule has 0 aromatic heterocycles. The van der Waals surface area contributed by atoms with E-state index in [1.54, 1.807) is 21.0 Å². The second-order valence-corrected chi connectivity index (χ2v) is 5.79. The third-order valence-corrected chi connectivity index (χ3v) is 2.85. The number of likely N-dealkylation sites (N-methyl/N-ethyl adjacent to an activating group) is 1. The van der Waals surface area contributed by atoms with Crippen LogP contribution in [-0.2, 0) is 6.54 Å². The molecular formula is C17H25NO3. The third-order valence-electron chi connectivity index (χ3n) is 2.85. The fourth-order valence-corrected chi connectivity index (χ4v) is 2.21. The van der Waals surface area contributed by atoms with Crippen LogP contribution in [0.1, 0.15) is 31.4 Å². The Kier molecular flexibility index (Phi) is 6.70. The van der Waals surface area contributed by atoms with Gasteiger partial charge in [-0.25, -0.2) is 0 Å². The summed E-state index contributed by atoms with van der Waals surface area (Å²) in [4.78, 5) is 2.04. The number of aliphatic hydroxyl groups is 2. The van der Waals surface area contributed by atoms with Gasteiger partial charge in [-0.2, -0.15) is 0 Å². The molecule has 116 valence electrons. The number of rotatable bonds is 6. The van der Waals surface area contributed by atoms with E-state index in [4.69, 9.17) is 9.84 Å². The van der Waals surface area contributed by atoms with Crippen LogP contribution in [-0.4, -0.2) is 48.0 Å². The van der Waals surface area contributed by atoms with E-state index < -0.39 is 5.60 Å². The van der Waals surface area contributed by atoms with E-state index in [-0.39, 0.29) is 6.61 Å². The van der Waals surface area contributed by atoms with E-state index in [9.17, 15) is 5.11 Å². The Hall–Kier alpha value is -1.54. The molecule has 1 rings (SSSR count). The van der Waals surface area contributed by atoms with Crippen molar-refractivity contribution in [1.29, 1.82) is 0 Å². The number of benzene rings is 1. The molecule has 0 bridgehead atoms. The van der Waals surface area contributed by atoms with Gasteiger partial charge >= 0.3 is 0 Å². The molecule has 21 heavy (non-hydrogen) atoms. The van der Waals surface area contributed by atoms with Gasteiger partial charge in [0.1, 0.15) is 5.75 Å². The van der Waals surface area contributed by atoms with Gasteiger partial charge in [0.05, 0.1) is 19.3 Å². The SMILES string of the molecule is COc1ccc(C#CCCO)cc1CN(C)CC(C)(C)O. The highest BCUT2D eigenvalue weighted by Gasteiger charge is 2.16. The van der Waals surface area contributed by atoms with E-state index >= 15 is 0 Å². The molecule has 0 aliphatic carbocycles. The molecule has 0 saturated heterocycles. The summed E-state index contributed by atoms with van der Waals surface area (Å²) in [5, 5.41) is 18.6. The van der Waals surface area contributed by atoms with Crippen LogP contribution < -0.4 is 4.74 Å². The first-order chi connectivity index (χ1) is 9.85. The summed E-state index contributed by atoms with van der Waals surface area (Å²) < 4.78 is 5.38. The predicted octanol–water partition coefficient (Wildman–Crippen LogP) is 1.63. The van der Waals surface area contributed by atoms with Crippen molar-refractivity contribution >= 4 is 0 Å². The molecule has 0 radical (unpaired) electrons. The molecule has 1 aromatic rings. The van der Waals surface area contributed by atoms with E-state index in [2.05, 4.69) is 11.8 Å². The zero-order valence-corrected chi connectivity index (χ0v) is 13.3. The number of methoxy groups -OCH3 is 1. The Balaban J connectivity index is 2.88. The van der Waals surface area contributed by atoms with Crippen LogP contribution in [0.3, 0.4) is 0 Å². The van der Waals surface area contributed by atoms with Crippen LogP contribution in [0.2, 0.25) is 0 Å². The first-order valence-corrected chi connectivity index (χ1v) is 7.03. The minimum Gasteiger partial charge on any atom is -0.496 e. The molecular weight excluding hydrogens is 266 g/mol. The van der Waals surface area contributed by atoms with Crippen LogP contribution in [0.4, 0.5) is 0 Å². The molecule has 0 aliphatic rings. The van der Waals surface area contributed by atoms with Gasteiger partial charge in [-0.05, 0) is 39.1 Å². The average Bonchev–Trinajstić information content (AvgIpc) is 2.37. The molecule has 0 amide bonds. The van der Waals surface area contributed by atoms with Crippen LogP contribution in [0.5, 0.6) is 5.75 Å². The normalized spacial score (nSPS) is 11.2. The van der Waals surface area contributed by atoms with Crippen LogP contribution in [0.25, 0.3) is 0 Å². The fourth-order valence-electron chi connectivity index (χ4n) is 2.21. The van der Waals surface area contributed by atoms with Gasteiger partial charge in [0.25, 0.3) is 0 Å². The Bertz CT molecular complexity index is 509. The summed E-state index contributed by atoms with van der Waals surface area (Å²) in [6.45, 7) is 4.89. The van der Waals surface area contributed by atoms with Crippen molar-refractivity contribution in [3.05, 3.63) is 29.3 Å². The zero-order chi connectivity index (χ0) is 15.9. The lowest BCUT2D eigenvalue weighted by molar-refractivity contribution is 0.0423. The van der Waals surface area contributed by atoms with Crippen LogP contribution in [0.15, 0.2) is 18.2 Å². The van der Waals surface area contributed by atoms with Gasteiger partial charge in [-0.1, -0.05) is 11.8 Å². The van der Waals surface area contributed by atoms with Crippen LogP contribution in [0, 0.1) is 11.8 Å². The standard InChI is InChI=1S/C17H25NO3/c1-17(2,20)13-18(3)12-15-11-14(7-5-6-10-19)8-9-16(15)21-4/h8-9,11,19-20H,6,10,12-13H2,1-4H3. The van der Waals surface area contributed by atoms with Crippen molar-refractivity contribution in [3.63, 3.8) is 0 Å². The summed E-state index contributed by atoms with van der Waals surface area (Å²) in [6, 6.07) is 5.79. The molecule has 0 saturated carbocycles. The number of aliphatic hydroxyl groups excluding tert-OH is 1. The predicted molar refractivity (Wildman–Crippen MR) is 84.2 cm³/mol. The molecule has 4 nitrogen and oxygen atoms in total. The van der Waals surface area contributed by atoms with E-state index in [0.717, 1.165) is 16.9 Å². The lowest BCUT2D eigenvalue weighted by atomic mass is 10.1. The Labute approximate surface area is 127 Å². The smallest absolute Gasteiger partial charge is 0.123 e. The minimum absolute atomic E-state index is 0.0737. The maximum atomic E-state index is 9.87. The number of hydrogen-bond acceptors (Lipinski definition) is 4. The van der Waals surface area contributed by atoms with Gasteiger partial charge in [0.15, 0.2) is 0 Å². The summed E-state index contributed by atoms with van der Waals surface area (Å²) >= 11 is 0. The molecule has 4 heteroatoms. The summed E-state index contributed by atoms with van der Waals surface area (Å²) in [7, 11) is 3.60.